The van der Waals surface area contributed by atoms with E-state index in [-0.39, 0.29) is 37.2 Å². The Bertz CT molecular complexity index is 1260. The van der Waals surface area contributed by atoms with E-state index in [1.165, 1.54) is 11.0 Å². The highest BCUT2D eigenvalue weighted by molar-refractivity contribution is 6.30. The molecule has 0 saturated carbocycles. The molecule has 1 saturated heterocycles. The first kappa shape index (κ1) is 27.2. The van der Waals surface area contributed by atoms with Crippen LogP contribution in [0, 0.1) is 0 Å². The molecule has 38 heavy (non-hydrogen) atoms. The molecule has 1 aliphatic heterocycles. The predicted octanol–water partition coefficient (Wildman–Crippen LogP) is 2.16. The summed E-state index contributed by atoms with van der Waals surface area (Å²) in [6.07, 6.45) is 2.76. The summed E-state index contributed by atoms with van der Waals surface area (Å²) >= 11 is 6.15. The van der Waals surface area contributed by atoms with E-state index in [0.29, 0.717) is 29.2 Å². The number of hydrogen-bond acceptors (Lipinski definition) is 7. The summed E-state index contributed by atoms with van der Waals surface area (Å²) < 4.78 is 1.47. The van der Waals surface area contributed by atoms with Crippen molar-refractivity contribution in [2.75, 3.05) is 13.1 Å². The van der Waals surface area contributed by atoms with Crippen molar-refractivity contribution in [2.24, 2.45) is 0 Å². The van der Waals surface area contributed by atoms with Gasteiger partial charge in [0.25, 0.3) is 0 Å². The Labute approximate surface area is 225 Å². The third kappa shape index (κ3) is 6.93. The molecule has 0 bridgehead atoms. The second-order valence-electron chi connectivity index (χ2n) is 9.30. The number of aliphatic carboxylic acids is 1. The summed E-state index contributed by atoms with van der Waals surface area (Å²) in [4.78, 5) is 39.3. The molecule has 0 spiro atoms. The van der Waals surface area contributed by atoms with Crippen molar-refractivity contribution >= 4 is 29.4 Å². The third-order valence-corrected chi connectivity index (χ3v) is 6.98. The maximum atomic E-state index is 13.4. The van der Waals surface area contributed by atoms with Crippen LogP contribution in [0.2, 0.25) is 5.02 Å². The molecule has 200 valence electrons. The molecule has 1 aliphatic rings. The van der Waals surface area contributed by atoms with Gasteiger partial charge >= 0.3 is 5.97 Å². The van der Waals surface area contributed by atoms with Crippen LogP contribution in [0.25, 0.3) is 5.69 Å². The van der Waals surface area contributed by atoms with E-state index in [1.807, 2.05) is 35.2 Å². The number of aromatic nitrogens is 4. The number of benzene rings is 2. The van der Waals surface area contributed by atoms with Crippen molar-refractivity contribution in [1.29, 1.82) is 0 Å². The largest absolute Gasteiger partial charge is 0.481 e. The highest BCUT2D eigenvalue weighted by Crippen LogP contribution is 2.32. The summed E-state index contributed by atoms with van der Waals surface area (Å²) in [5.74, 6) is -1.40. The molecule has 1 fully saturated rings. The van der Waals surface area contributed by atoms with Crippen molar-refractivity contribution in [2.45, 2.75) is 50.7 Å². The SMILES string of the molecule is C[C@H](NC(=O)[C@H]1C[C@@H](c2ccccc2)CCN1CCC(=O)O)C(=O)NCc1cc(Cl)ccc1-n1cnnn1. The fourth-order valence-electron chi connectivity index (χ4n) is 4.72. The van der Waals surface area contributed by atoms with Gasteiger partial charge in [-0.05, 0) is 72.0 Å². The zero-order chi connectivity index (χ0) is 27.1. The summed E-state index contributed by atoms with van der Waals surface area (Å²) in [6, 6.07) is 13.8. The van der Waals surface area contributed by atoms with Crippen LogP contribution < -0.4 is 10.6 Å². The lowest BCUT2D eigenvalue weighted by Crippen LogP contribution is -2.55. The van der Waals surface area contributed by atoms with Gasteiger partial charge in [-0.25, -0.2) is 4.68 Å². The number of carboxylic acid groups (broad SMARTS) is 1. The van der Waals surface area contributed by atoms with Gasteiger partial charge in [0.1, 0.15) is 12.4 Å². The number of amides is 2. The molecular formula is C26H30ClN7O4. The van der Waals surface area contributed by atoms with Crippen LogP contribution in [0.4, 0.5) is 0 Å². The lowest BCUT2D eigenvalue weighted by atomic mass is 9.84. The molecule has 0 radical (unpaired) electrons. The van der Waals surface area contributed by atoms with Gasteiger partial charge in [0.2, 0.25) is 11.8 Å². The standard InChI is InChI=1S/C26H30ClN7O4/c1-17(25(37)28-15-20-13-21(27)7-8-22(20)34-16-29-31-32-34)30-26(38)23-14-19(18-5-3-2-4-6-18)9-11-33(23)12-10-24(35)36/h2-8,13,16-17,19,23H,9-12,14-15H2,1H3,(H,28,37)(H,30,38)(H,35,36)/t17-,19-,23+/m0/s1. The number of nitrogens with one attached hydrogen (secondary N) is 2. The predicted molar refractivity (Wildman–Crippen MR) is 140 cm³/mol. The molecule has 0 aliphatic carbocycles. The smallest absolute Gasteiger partial charge is 0.304 e. The first-order valence-corrected chi connectivity index (χ1v) is 12.8. The van der Waals surface area contributed by atoms with Crippen molar-refractivity contribution in [3.8, 4) is 5.69 Å². The van der Waals surface area contributed by atoms with Gasteiger partial charge < -0.3 is 15.7 Å². The van der Waals surface area contributed by atoms with Crippen molar-refractivity contribution in [3.05, 3.63) is 71.0 Å². The molecule has 3 N–H and O–H groups in total. The van der Waals surface area contributed by atoms with Crippen molar-refractivity contribution in [3.63, 3.8) is 0 Å². The minimum absolute atomic E-state index is 0.0565. The molecule has 3 aromatic rings. The zero-order valence-corrected chi connectivity index (χ0v) is 21.7. The van der Waals surface area contributed by atoms with Gasteiger partial charge in [0, 0.05) is 18.1 Å². The van der Waals surface area contributed by atoms with E-state index in [4.69, 9.17) is 16.7 Å². The maximum absolute atomic E-state index is 13.4. The summed E-state index contributed by atoms with van der Waals surface area (Å²) in [5.41, 5.74) is 2.52. The van der Waals surface area contributed by atoms with Crippen LogP contribution in [0.5, 0.6) is 0 Å². The van der Waals surface area contributed by atoms with E-state index >= 15 is 0 Å². The number of tetrazole rings is 1. The minimum Gasteiger partial charge on any atom is -0.481 e. The fourth-order valence-corrected chi connectivity index (χ4v) is 4.92. The molecule has 2 amide bonds. The monoisotopic (exact) mass is 539 g/mol. The molecule has 3 atom stereocenters. The number of carboxylic acids is 1. The minimum atomic E-state index is -0.913. The van der Waals surface area contributed by atoms with E-state index in [9.17, 15) is 14.4 Å². The lowest BCUT2D eigenvalue weighted by molar-refractivity contribution is -0.139. The molecule has 12 heteroatoms. The highest BCUT2D eigenvalue weighted by atomic mass is 35.5. The Morgan fingerprint density at radius 2 is 1.97 bits per heavy atom. The van der Waals surface area contributed by atoms with Crippen LogP contribution in [-0.2, 0) is 20.9 Å². The van der Waals surface area contributed by atoms with Crippen molar-refractivity contribution in [1.82, 2.24) is 35.7 Å². The topological polar surface area (TPSA) is 142 Å². The second kappa shape index (κ2) is 12.6. The van der Waals surface area contributed by atoms with Gasteiger partial charge in [-0.15, -0.1) is 5.10 Å². The van der Waals surface area contributed by atoms with E-state index in [2.05, 4.69) is 26.2 Å². The first-order chi connectivity index (χ1) is 18.3. The van der Waals surface area contributed by atoms with E-state index in [1.54, 1.807) is 25.1 Å². The third-order valence-electron chi connectivity index (χ3n) is 6.74. The fraction of sp³-hybridized carbons (Fsp3) is 0.385. The molecular weight excluding hydrogens is 510 g/mol. The molecule has 2 heterocycles. The number of halogens is 1. The molecule has 2 aromatic carbocycles. The van der Waals surface area contributed by atoms with E-state index < -0.39 is 18.1 Å². The first-order valence-electron chi connectivity index (χ1n) is 12.4. The number of piperidine rings is 1. The van der Waals surface area contributed by atoms with Crippen LogP contribution in [0.3, 0.4) is 0 Å². The number of nitrogens with zero attached hydrogens (tertiary/aromatic N) is 5. The number of hydrogen-bond donors (Lipinski definition) is 3. The van der Waals surface area contributed by atoms with Gasteiger partial charge in [-0.1, -0.05) is 41.9 Å². The second-order valence-corrected chi connectivity index (χ2v) is 9.74. The Kier molecular flexibility index (Phi) is 9.03. The molecule has 1 aromatic heterocycles. The van der Waals surface area contributed by atoms with Crippen LogP contribution in [0.1, 0.15) is 43.2 Å². The Morgan fingerprint density at radius 3 is 2.68 bits per heavy atom. The van der Waals surface area contributed by atoms with Crippen LogP contribution >= 0.6 is 11.6 Å². The Balaban J connectivity index is 1.40. The number of carbonyl (C=O) groups excluding carboxylic acids is 2. The van der Waals surface area contributed by atoms with Gasteiger partial charge in [-0.2, -0.15) is 0 Å². The average molecular weight is 540 g/mol. The summed E-state index contributed by atoms with van der Waals surface area (Å²) in [7, 11) is 0. The van der Waals surface area contributed by atoms with Gasteiger partial charge in [0.05, 0.1) is 18.2 Å². The van der Waals surface area contributed by atoms with E-state index in [0.717, 1.165) is 12.0 Å². The zero-order valence-electron chi connectivity index (χ0n) is 21.0. The molecule has 4 rings (SSSR count). The molecule has 0 unspecified atom stereocenters. The summed E-state index contributed by atoms with van der Waals surface area (Å²) in [6.45, 7) is 2.63. The quantitative estimate of drug-likeness (QED) is 0.356. The normalized spacial score (nSPS) is 18.5. The van der Waals surface area contributed by atoms with Crippen LogP contribution in [0.15, 0.2) is 54.9 Å². The number of carbonyl (C=O) groups is 3. The average Bonchev–Trinajstić information content (AvgIpc) is 3.45. The summed E-state index contributed by atoms with van der Waals surface area (Å²) in [5, 5.41) is 26.5. The molecule has 11 nitrogen and oxygen atoms in total. The van der Waals surface area contributed by atoms with Crippen LogP contribution in [-0.4, -0.2) is 73.2 Å². The maximum Gasteiger partial charge on any atom is 0.304 e. The Hall–Kier alpha value is -3.83. The van der Waals surface area contributed by atoms with Gasteiger partial charge in [-0.3, -0.25) is 19.3 Å². The van der Waals surface area contributed by atoms with Crippen molar-refractivity contribution < 1.29 is 19.5 Å². The number of likely N-dealkylation sites (tertiary alicyclic amines) is 1. The van der Waals surface area contributed by atoms with Gasteiger partial charge in [0.15, 0.2) is 0 Å². The lowest BCUT2D eigenvalue weighted by Gasteiger charge is -2.39. The highest BCUT2D eigenvalue weighted by Gasteiger charge is 2.35. The Morgan fingerprint density at radius 1 is 1.18 bits per heavy atom. The number of rotatable bonds is 10.